The van der Waals surface area contributed by atoms with E-state index in [1.807, 2.05) is 22.8 Å². The van der Waals surface area contributed by atoms with Crippen LogP contribution >= 0.6 is 23.2 Å². The summed E-state index contributed by atoms with van der Waals surface area (Å²) in [6, 6.07) is 10.7. The van der Waals surface area contributed by atoms with Crippen molar-refractivity contribution < 1.29 is 14.6 Å². The first-order valence-corrected chi connectivity index (χ1v) is 8.16. The summed E-state index contributed by atoms with van der Waals surface area (Å²) in [5.74, 6) is 1.25. The van der Waals surface area contributed by atoms with Crippen molar-refractivity contribution in [1.82, 2.24) is 9.55 Å². The minimum atomic E-state index is -0.825. The molecule has 1 fully saturated rings. The SMILES string of the molecule is OC1(Cn2cnc3ccc(Oc4ccc(Cl)c(Cl)c4)cc32)COC1. The molecule has 5 nitrogen and oxygen atoms in total. The maximum atomic E-state index is 10.3. The minimum Gasteiger partial charge on any atom is -0.457 e. The smallest absolute Gasteiger partial charge is 0.129 e. The largest absolute Gasteiger partial charge is 0.457 e. The van der Waals surface area contributed by atoms with Crippen LogP contribution in [-0.2, 0) is 11.3 Å². The number of aromatic nitrogens is 2. The van der Waals surface area contributed by atoms with Gasteiger partial charge in [-0.25, -0.2) is 4.98 Å². The van der Waals surface area contributed by atoms with Gasteiger partial charge in [0.25, 0.3) is 0 Å². The lowest BCUT2D eigenvalue weighted by molar-refractivity contribution is -0.184. The third kappa shape index (κ3) is 2.96. The molecule has 1 aliphatic heterocycles. The van der Waals surface area contributed by atoms with Crippen molar-refractivity contribution in [3.8, 4) is 11.5 Å². The number of nitrogens with zero attached hydrogens (tertiary/aromatic N) is 2. The van der Waals surface area contributed by atoms with Crippen LogP contribution in [0.5, 0.6) is 11.5 Å². The standard InChI is InChI=1S/C17H14Cl2N2O3/c18-13-3-1-11(5-14(13)19)24-12-2-4-15-16(6-12)21(10-20-15)7-17(22)8-23-9-17/h1-6,10,22H,7-9H2. The summed E-state index contributed by atoms with van der Waals surface area (Å²) >= 11 is 11.9. The zero-order valence-corrected chi connectivity index (χ0v) is 14.1. The van der Waals surface area contributed by atoms with Gasteiger partial charge in [-0.2, -0.15) is 0 Å². The summed E-state index contributed by atoms with van der Waals surface area (Å²) in [6.45, 7) is 1.11. The highest BCUT2D eigenvalue weighted by Gasteiger charge is 2.36. The zero-order chi connectivity index (χ0) is 16.7. The van der Waals surface area contributed by atoms with Gasteiger partial charge in [0.2, 0.25) is 0 Å². The lowest BCUT2D eigenvalue weighted by atomic mass is 10.0. The number of aliphatic hydroxyl groups is 1. The molecule has 0 amide bonds. The zero-order valence-electron chi connectivity index (χ0n) is 12.6. The van der Waals surface area contributed by atoms with Gasteiger partial charge in [-0.1, -0.05) is 23.2 Å². The molecule has 0 atom stereocenters. The molecule has 0 bridgehead atoms. The lowest BCUT2D eigenvalue weighted by Crippen LogP contribution is -2.52. The van der Waals surface area contributed by atoms with Crippen LogP contribution in [0.25, 0.3) is 11.0 Å². The number of fused-ring (bicyclic) bond motifs is 1. The van der Waals surface area contributed by atoms with Gasteiger partial charge in [-0.15, -0.1) is 0 Å². The first kappa shape index (κ1) is 15.7. The van der Waals surface area contributed by atoms with Crippen molar-refractivity contribution in [1.29, 1.82) is 0 Å². The highest BCUT2D eigenvalue weighted by Crippen LogP contribution is 2.31. The van der Waals surface area contributed by atoms with E-state index in [0.29, 0.717) is 41.3 Å². The molecule has 0 radical (unpaired) electrons. The van der Waals surface area contributed by atoms with Crippen LogP contribution in [0.15, 0.2) is 42.7 Å². The summed E-state index contributed by atoms with van der Waals surface area (Å²) in [7, 11) is 0. The number of halogens is 2. The molecule has 2 aromatic carbocycles. The van der Waals surface area contributed by atoms with E-state index < -0.39 is 5.60 Å². The Bertz CT molecular complexity index is 906. The summed E-state index contributed by atoms with van der Waals surface area (Å²) in [5.41, 5.74) is 0.891. The number of ether oxygens (including phenoxy) is 2. The van der Waals surface area contributed by atoms with E-state index in [1.54, 1.807) is 24.5 Å². The third-order valence-corrected chi connectivity index (χ3v) is 4.66. The van der Waals surface area contributed by atoms with Crippen molar-refractivity contribution >= 4 is 34.2 Å². The van der Waals surface area contributed by atoms with Crippen molar-refractivity contribution in [2.75, 3.05) is 13.2 Å². The quantitative estimate of drug-likeness (QED) is 0.762. The number of hydrogen-bond acceptors (Lipinski definition) is 4. The Morgan fingerprint density at radius 2 is 1.88 bits per heavy atom. The Hall–Kier alpha value is -1.79. The maximum absolute atomic E-state index is 10.3. The molecule has 24 heavy (non-hydrogen) atoms. The fraction of sp³-hybridized carbons (Fsp3) is 0.235. The van der Waals surface area contributed by atoms with E-state index in [9.17, 15) is 5.11 Å². The van der Waals surface area contributed by atoms with Gasteiger partial charge in [-0.05, 0) is 24.3 Å². The Balaban J connectivity index is 1.63. The van der Waals surface area contributed by atoms with E-state index in [4.69, 9.17) is 32.7 Å². The molecule has 124 valence electrons. The third-order valence-electron chi connectivity index (χ3n) is 3.93. The number of rotatable bonds is 4. The first-order chi connectivity index (χ1) is 11.5. The molecule has 1 N–H and O–H groups in total. The summed E-state index contributed by atoms with van der Waals surface area (Å²) in [5, 5.41) is 11.2. The van der Waals surface area contributed by atoms with Crippen LogP contribution in [0.4, 0.5) is 0 Å². The van der Waals surface area contributed by atoms with E-state index in [2.05, 4.69) is 4.98 Å². The van der Waals surface area contributed by atoms with Gasteiger partial charge < -0.3 is 19.1 Å². The van der Waals surface area contributed by atoms with Gasteiger partial charge in [0.15, 0.2) is 0 Å². The average molecular weight is 365 g/mol. The van der Waals surface area contributed by atoms with Crippen LogP contribution in [0.3, 0.4) is 0 Å². The van der Waals surface area contributed by atoms with E-state index in [1.165, 1.54) is 0 Å². The monoisotopic (exact) mass is 364 g/mol. The average Bonchev–Trinajstić information content (AvgIpc) is 2.92. The predicted molar refractivity (Wildman–Crippen MR) is 92.0 cm³/mol. The molecule has 1 saturated heterocycles. The first-order valence-electron chi connectivity index (χ1n) is 7.40. The molecule has 7 heteroatoms. The molecule has 0 saturated carbocycles. The number of imidazole rings is 1. The molecule has 1 aliphatic rings. The summed E-state index contributed by atoms with van der Waals surface area (Å²) in [4.78, 5) is 4.35. The molecule has 0 aliphatic carbocycles. The number of benzene rings is 2. The Labute approximate surface area is 148 Å². The molecule has 4 rings (SSSR count). The molecule has 1 aromatic heterocycles. The second kappa shape index (κ2) is 5.93. The molecule has 0 unspecified atom stereocenters. The van der Waals surface area contributed by atoms with Crippen LogP contribution in [0.2, 0.25) is 10.0 Å². The normalized spacial score (nSPS) is 16.1. The second-order valence-electron chi connectivity index (χ2n) is 5.92. The lowest BCUT2D eigenvalue weighted by Gasteiger charge is -2.36. The van der Waals surface area contributed by atoms with Crippen LogP contribution in [0.1, 0.15) is 0 Å². The Kier molecular flexibility index (Phi) is 3.89. The highest BCUT2D eigenvalue weighted by atomic mass is 35.5. The van der Waals surface area contributed by atoms with Crippen molar-refractivity contribution in [2.45, 2.75) is 12.1 Å². The van der Waals surface area contributed by atoms with Crippen molar-refractivity contribution in [2.24, 2.45) is 0 Å². The molecule has 3 aromatic rings. The molecule has 0 spiro atoms. The van der Waals surface area contributed by atoms with E-state index in [-0.39, 0.29) is 0 Å². The van der Waals surface area contributed by atoms with Crippen molar-refractivity contribution in [3.05, 3.63) is 52.8 Å². The van der Waals surface area contributed by atoms with Crippen LogP contribution < -0.4 is 4.74 Å². The van der Waals surface area contributed by atoms with Gasteiger partial charge in [0.1, 0.15) is 17.1 Å². The Morgan fingerprint density at radius 1 is 1.12 bits per heavy atom. The molecular formula is C17H14Cl2N2O3. The summed E-state index contributed by atoms with van der Waals surface area (Å²) in [6.07, 6.45) is 1.71. The molecule has 2 heterocycles. The van der Waals surface area contributed by atoms with E-state index in [0.717, 1.165) is 11.0 Å². The van der Waals surface area contributed by atoms with Gasteiger partial charge >= 0.3 is 0 Å². The minimum absolute atomic E-state index is 0.339. The van der Waals surface area contributed by atoms with Crippen LogP contribution in [-0.4, -0.2) is 33.5 Å². The predicted octanol–water partition coefficient (Wildman–Crippen LogP) is 3.90. The van der Waals surface area contributed by atoms with Crippen molar-refractivity contribution in [3.63, 3.8) is 0 Å². The fourth-order valence-electron chi connectivity index (χ4n) is 2.65. The summed E-state index contributed by atoms with van der Waals surface area (Å²) < 4.78 is 12.8. The maximum Gasteiger partial charge on any atom is 0.129 e. The second-order valence-corrected chi connectivity index (χ2v) is 6.73. The highest BCUT2D eigenvalue weighted by molar-refractivity contribution is 6.42. The molecular weight excluding hydrogens is 351 g/mol. The Morgan fingerprint density at radius 3 is 2.58 bits per heavy atom. The topological polar surface area (TPSA) is 56.5 Å². The number of hydrogen-bond donors (Lipinski definition) is 1. The fourth-order valence-corrected chi connectivity index (χ4v) is 2.94. The van der Waals surface area contributed by atoms with Gasteiger partial charge in [0, 0.05) is 12.1 Å². The van der Waals surface area contributed by atoms with Crippen LogP contribution in [0, 0.1) is 0 Å². The van der Waals surface area contributed by atoms with Gasteiger partial charge in [0.05, 0.1) is 47.2 Å². The van der Waals surface area contributed by atoms with E-state index >= 15 is 0 Å². The van der Waals surface area contributed by atoms with Gasteiger partial charge in [-0.3, -0.25) is 0 Å².